The molecule has 1 N–H and O–H groups in total. The average molecular weight is 407 g/mol. The van der Waals surface area contributed by atoms with Crippen molar-refractivity contribution in [2.45, 2.75) is 43.9 Å². The molecular weight excluding hydrogens is 384 g/mol. The third-order valence-electron chi connectivity index (χ3n) is 4.07. The summed E-state index contributed by atoms with van der Waals surface area (Å²) in [7, 11) is -3.54. The molecule has 3 aromatic rings. The summed E-state index contributed by atoms with van der Waals surface area (Å²) in [5.74, 6) is 0. The summed E-state index contributed by atoms with van der Waals surface area (Å²) < 4.78 is 28.2. The highest BCUT2D eigenvalue weighted by Gasteiger charge is 2.21. The zero-order valence-corrected chi connectivity index (χ0v) is 17.7. The number of benzene rings is 1. The Morgan fingerprint density at radius 1 is 1.12 bits per heavy atom. The average Bonchev–Trinajstić information content (AvgIpc) is 3.23. The molecule has 0 saturated carbocycles. The molecule has 0 unspecified atom stereocenters. The summed E-state index contributed by atoms with van der Waals surface area (Å²) in [5, 5.41) is 4.75. The lowest BCUT2D eigenvalue weighted by Gasteiger charge is -2.14. The molecule has 2 heterocycles. The number of aromatic nitrogens is 1. The Bertz CT molecular complexity index is 1010. The van der Waals surface area contributed by atoms with Gasteiger partial charge in [-0.15, -0.1) is 22.7 Å². The second kappa shape index (κ2) is 7.23. The van der Waals surface area contributed by atoms with Crippen LogP contribution < -0.4 is 4.72 Å². The molecule has 3 rings (SSSR count). The van der Waals surface area contributed by atoms with Crippen molar-refractivity contribution >= 4 is 32.7 Å². The maximum atomic E-state index is 12.6. The first-order valence-corrected chi connectivity index (χ1v) is 11.5. The normalized spacial score (nSPS) is 12.5. The van der Waals surface area contributed by atoms with Gasteiger partial charge in [0.15, 0.2) is 0 Å². The molecule has 26 heavy (non-hydrogen) atoms. The molecule has 7 heteroatoms. The third kappa shape index (κ3) is 4.23. The van der Waals surface area contributed by atoms with Crippen molar-refractivity contribution in [2.75, 3.05) is 0 Å². The minimum atomic E-state index is -3.54. The van der Waals surface area contributed by atoms with Crippen molar-refractivity contribution in [1.82, 2.24) is 9.71 Å². The van der Waals surface area contributed by atoms with E-state index in [0.29, 0.717) is 4.21 Å². The van der Waals surface area contributed by atoms with Gasteiger partial charge in [0.25, 0.3) is 0 Å². The minimum Gasteiger partial charge on any atom is -0.241 e. The standard InChI is InChI=1S/C19H22N2O2S3/c1-13-7-5-6-8-14(13)10-20-26(22,23)17-9-15(11-24-17)18-21-16(12-25-18)19(2,3)4/h5-9,11-12,20H,10H2,1-4H3. The number of sulfonamides is 1. The number of thiophene rings is 1. The van der Waals surface area contributed by atoms with E-state index in [1.165, 1.54) is 11.3 Å². The van der Waals surface area contributed by atoms with Crippen LogP contribution in [-0.4, -0.2) is 13.4 Å². The van der Waals surface area contributed by atoms with Crippen LogP contribution >= 0.6 is 22.7 Å². The summed E-state index contributed by atoms with van der Waals surface area (Å²) in [4.78, 5) is 4.66. The van der Waals surface area contributed by atoms with Crippen LogP contribution in [-0.2, 0) is 22.0 Å². The Morgan fingerprint density at radius 2 is 1.85 bits per heavy atom. The van der Waals surface area contributed by atoms with Gasteiger partial charge in [-0.2, -0.15) is 0 Å². The number of nitrogens with one attached hydrogen (secondary N) is 1. The monoisotopic (exact) mass is 406 g/mol. The fourth-order valence-electron chi connectivity index (χ4n) is 2.37. The van der Waals surface area contributed by atoms with E-state index in [1.807, 2.05) is 41.9 Å². The molecule has 0 atom stereocenters. The van der Waals surface area contributed by atoms with Crippen molar-refractivity contribution in [3.63, 3.8) is 0 Å². The minimum absolute atomic E-state index is 0.0191. The predicted octanol–water partition coefficient (Wildman–Crippen LogP) is 4.96. The van der Waals surface area contributed by atoms with Gasteiger partial charge < -0.3 is 0 Å². The lowest BCUT2D eigenvalue weighted by atomic mass is 9.93. The van der Waals surface area contributed by atoms with Crippen LogP contribution in [0.5, 0.6) is 0 Å². The number of thiazole rings is 1. The quantitative estimate of drug-likeness (QED) is 0.652. The molecule has 0 fully saturated rings. The van der Waals surface area contributed by atoms with Crippen LogP contribution in [0, 0.1) is 6.92 Å². The molecule has 4 nitrogen and oxygen atoms in total. The summed E-state index contributed by atoms with van der Waals surface area (Å²) in [6, 6.07) is 9.47. The molecule has 0 amide bonds. The second-order valence-corrected chi connectivity index (χ2v) is 11.0. The Labute approximate surface area is 163 Å². The lowest BCUT2D eigenvalue weighted by Crippen LogP contribution is -2.22. The Kier molecular flexibility index (Phi) is 5.35. The van der Waals surface area contributed by atoms with Gasteiger partial charge >= 0.3 is 0 Å². The van der Waals surface area contributed by atoms with E-state index in [1.54, 1.807) is 17.4 Å². The first-order chi connectivity index (χ1) is 12.2. The number of hydrogen-bond acceptors (Lipinski definition) is 5. The molecule has 0 aliphatic rings. The summed E-state index contributed by atoms with van der Waals surface area (Å²) in [5.41, 5.74) is 3.90. The first kappa shape index (κ1) is 19.2. The highest BCUT2D eigenvalue weighted by molar-refractivity contribution is 7.91. The molecule has 0 radical (unpaired) electrons. The van der Waals surface area contributed by atoms with Crippen molar-refractivity contribution in [3.8, 4) is 10.6 Å². The number of nitrogens with zero attached hydrogens (tertiary/aromatic N) is 1. The number of aryl methyl sites for hydroxylation is 1. The van der Waals surface area contributed by atoms with E-state index in [4.69, 9.17) is 0 Å². The van der Waals surface area contributed by atoms with Crippen molar-refractivity contribution in [3.05, 3.63) is 57.9 Å². The van der Waals surface area contributed by atoms with Gasteiger partial charge in [-0.1, -0.05) is 45.0 Å². The molecule has 0 saturated heterocycles. The van der Waals surface area contributed by atoms with E-state index in [9.17, 15) is 8.42 Å². The van der Waals surface area contributed by atoms with E-state index in [-0.39, 0.29) is 12.0 Å². The van der Waals surface area contributed by atoms with Gasteiger partial charge in [-0.05, 0) is 24.1 Å². The predicted molar refractivity (Wildman–Crippen MR) is 109 cm³/mol. The fraction of sp³-hybridized carbons (Fsp3) is 0.316. The van der Waals surface area contributed by atoms with Crippen LogP contribution in [0.3, 0.4) is 0 Å². The van der Waals surface area contributed by atoms with Crippen LogP contribution in [0.25, 0.3) is 10.6 Å². The highest BCUT2D eigenvalue weighted by atomic mass is 32.2. The summed E-state index contributed by atoms with van der Waals surface area (Å²) >= 11 is 2.77. The van der Waals surface area contributed by atoms with Gasteiger partial charge in [0.1, 0.15) is 9.22 Å². The number of hydrogen-bond donors (Lipinski definition) is 1. The van der Waals surface area contributed by atoms with Crippen molar-refractivity contribution < 1.29 is 8.42 Å². The lowest BCUT2D eigenvalue weighted by molar-refractivity contribution is 0.573. The smallest absolute Gasteiger partial charge is 0.241 e. The van der Waals surface area contributed by atoms with Gasteiger partial charge in [0, 0.05) is 28.3 Å². The molecule has 0 aliphatic carbocycles. The Morgan fingerprint density at radius 3 is 2.50 bits per heavy atom. The second-order valence-electron chi connectivity index (χ2n) is 7.19. The largest absolute Gasteiger partial charge is 0.250 e. The fourth-order valence-corrected chi connectivity index (χ4v) is 5.70. The molecular formula is C19H22N2O2S3. The molecule has 2 aromatic heterocycles. The Hall–Kier alpha value is -1.54. The molecule has 0 aliphatic heterocycles. The van der Waals surface area contributed by atoms with Crippen molar-refractivity contribution in [2.24, 2.45) is 0 Å². The molecule has 138 valence electrons. The first-order valence-electron chi connectivity index (χ1n) is 8.26. The van der Waals surface area contributed by atoms with Gasteiger partial charge in [-0.3, -0.25) is 0 Å². The van der Waals surface area contributed by atoms with Crippen LogP contribution in [0.4, 0.5) is 0 Å². The van der Waals surface area contributed by atoms with Crippen molar-refractivity contribution in [1.29, 1.82) is 0 Å². The maximum absolute atomic E-state index is 12.6. The third-order valence-corrected chi connectivity index (χ3v) is 7.81. The van der Waals surface area contributed by atoms with E-state index < -0.39 is 10.0 Å². The summed E-state index contributed by atoms with van der Waals surface area (Å²) in [6.45, 7) is 8.61. The molecule has 0 spiro atoms. The van der Waals surface area contributed by atoms with Gasteiger partial charge in [0.2, 0.25) is 10.0 Å². The topological polar surface area (TPSA) is 59.1 Å². The molecule has 0 bridgehead atoms. The molecule has 1 aromatic carbocycles. The van der Waals surface area contributed by atoms with E-state index >= 15 is 0 Å². The zero-order valence-electron chi connectivity index (χ0n) is 15.2. The van der Waals surface area contributed by atoms with E-state index in [2.05, 4.69) is 30.5 Å². The Balaban J connectivity index is 1.78. The highest BCUT2D eigenvalue weighted by Crippen LogP contribution is 2.33. The van der Waals surface area contributed by atoms with Gasteiger partial charge in [-0.25, -0.2) is 18.1 Å². The van der Waals surface area contributed by atoms with Gasteiger partial charge in [0.05, 0.1) is 5.69 Å². The van der Waals surface area contributed by atoms with Crippen LogP contribution in [0.15, 0.2) is 45.3 Å². The summed E-state index contributed by atoms with van der Waals surface area (Å²) in [6.07, 6.45) is 0. The SMILES string of the molecule is Cc1ccccc1CNS(=O)(=O)c1cc(-c2nc(C(C)(C)C)cs2)cs1. The zero-order chi connectivity index (χ0) is 18.9. The van der Waals surface area contributed by atoms with Crippen LogP contribution in [0.2, 0.25) is 0 Å². The number of rotatable bonds is 5. The maximum Gasteiger partial charge on any atom is 0.250 e. The van der Waals surface area contributed by atoms with Crippen LogP contribution in [0.1, 0.15) is 37.6 Å². The van der Waals surface area contributed by atoms with E-state index in [0.717, 1.165) is 27.4 Å².